The lowest BCUT2D eigenvalue weighted by molar-refractivity contribution is -0.130. The highest BCUT2D eigenvalue weighted by atomic mass is 35.5. The van der Waals surface area contributed by atoms with E-state index in [1.807, 2.05) is 0 Å². The molecular weight excluding hydrogens is 237 g/mol. The Morgan fingerprint density at radius 2 is 2.00 bits per heavy atom. The number of hydrogen-bond acceptors (Lipinski definition) is 2. The zero-order valence-corrected chi connectivity index (χ0v) is 9.89. The summed E-state index contributed by atoms with van der Waals surface area (Å²) in [4.78, 5) is 11.0. The molecule has 2 N–H and O–H groups in total. The number of amides is 1. The quantitative estimate of drug-likeness (QED) is 0.893. The SMILES string of the molecule is CC(C)(Oc1cccc(Cl)c1Cl)C(N)=O. The zero-order valence-electron chi connectivity index (χ0n) is 8.38. The molecule has 0 heterocycles. The van der Waals surface area contributed by atoms with Crippen LogP contribution in [0.3, 0.4) is 0 Å². The van der Waals surface area contributed by atoms with E-state index < -0.39 is 11.5 Å². The molecule has 0 radical (unpaired) electrons. The molecule has 1 aromatic carbocycles. The Kier molecular flexibility index (Phi) is 3.47. The molecule has 1 amide bonds. The van der Waals surface area contributed by atoms with Gasteiger partial charge in [-0.15, -0.1) is 0 Å². The lowest BCUT2D eigenvalue weighted by Gasteiger charge is -2.23. The molecular formula is C10H11Cl2NO2. The third-order valence-electron chi connectivity index (χ3n) is 1.87. The summed E-state index contributed by atoms with van der Waals surface area (Å²) in [6, 6.07) is 4.94. The van der Waals surface area contributed by atoms with Crippen molar-refractivity contribution in [1.29, 1.82) is 0 Å². The summed E-state index contributed by atoms with van der Waals surface area (Å²) in [5, 5.41) is 0.642. The van der Waals surface area contributed by atoms with Gasteiger partial charge in [0.25, 0.3) is 5.91 Å². The molecule has 0 aromatic heterocycles. The van der Waals surface area contributed by atoms with Crippen molar-refractivity contribution in [3.8, 4) is 5.75 Å². The smallest absolute Gasteiger partial charge is 0.261 e. The van der Waals surface area contributed by atoms with E-state index in [1.54, 1.807) is 32.0 Å². The van der Waals surface area contributed by atoms with Gasteiger partial charge in [-0.25, -0.2) is 0 Å². The van der Waals surface area contributed by atoms with Gasteiger partial charge < -0.3 is 10.5 Å². The van der Waals surface area contributed by atoms with Crippen LogP contribution < -0.4 is 10.5 Å². The third kappa shape index (κ3) is 2.76. The third-order valence-corrected chi connectivity index (χ3v) is 2.68. The van der Waals surface area contributed by atoms with E-state index in [9.17, 15) is 4.79 Å². The van der Waals surface area contributed by atoms with Crippen LogP contribution in [0.15, 0.2) is 18.2 Å². The molecule has 0 saturated heterocycles. The predicted molar refractivity (Wildman–Crippen MR) is 60.4 cm³/mol. The van der Waals surface area contributed by atoms with Crippen LogP contribution in [0.2, 0.25) is 10.0 Å². The van der Waals surface area contributed by atoms with Gasteiger partial charge in [0.2, 0.25) is 0 Å². The number of rotatable bonds is 3. The van der Waals surface area contributed by atoms with E-state index in [2.05, 4.69) is 0 Å². The van der Waals surface area contributed by atoms with Gasteiger partial charge in [0.1, 0.15) is 10.8 Å². The van der Waals surface area contributed by atoms with E-state index >= 15 is 0 Å². The minimum absolute atomic E-state index is 0.272. The number of carbonyl (C=O) groups is 1. The first-order valence-corrected chi connectivity index (χ1v) is 5.03. The molecule has 0 spiro atoms. The molecule has 1 aromatic rings. The number of carbonyl (C=O) groups excluding carboxylic acids is 1. The minimum Gasteiger partial charge on any atom is -0.476 e. The van der Waals surface area contributed by atoms with Gasteiger partial charge in [-0.1, -0.05) is 29.3 Å². The number of benzene rings is 1. The maximum Gasteiger partial charge on any atom is 0.261 e. The fraction of sp³-hybridized carbons (Fsp3) is 0.300. The van der Waals surface area contributed by atoms with Crippen molar-refractivity contribution in [2.75, 3.05) is 0 Å². The largest absolute Gasteiger partial charge is 0.476 e. The van der Waals surface area contributed by atoms with Crippen LogP contribution in [-0.4, -0.2) is 11.5 Å². The second-order valence-electron chi connectivity index (χ2n) is 3.53. The summed E-state index contributed by atoms with van der Waals surface area (Å²) < 4.78 is 5.38. The molecule has 0 fully saturated rings. The molecule has 0 aliphatic carbocycles. The first kappa shape index (κ1) is 12.1. The van der Waals surface area contributed by atoms with Gasteiger partial charge in [-0.3, -0.25) is 4.79 Å². The summed E-state index contributed by atoms with van der Waals surface area (Å²) in [6.07, 6.45) is 0. The van der Waals surface area contributed by atoms with Crippen molar-refractivity contribution in [3.63, 3.8) is 0 Å². The zero-order chi connectivity index (χ0) is 11.6. The highest BCUT2D eigenvalue weighted by Crippen LogP contribution is 2.33. The molecule has 82 valence electrons. The Hall–Kier alpha value is -0.930. The Morgan fingerprint density at radius 1 is 1.40 bits per heavy atom. The van der Waals surface area contributed by atoms with Crippen molar-refractivity contribution in [2.24, 2.45) is 5.73 Å². The van der Waals surface area contributed by atoms with Crippen molar-refractivity contribution < 1.29 is 9.53 Å². The van der Waals surface area contributed by atoms with Crippen LogP contribution >= 0.6 is 23.2 Å². The minimum atomic E-state index is -1.12. The van der Waals surface area contributed by atoms with Gasteiger partial charge in [-0.2, -0.15) is 0 Å². The summed E-state index contributed by atoms with van der Waals surface area (Å²) in [7, 11) is 0. The number of halogens is 2. The van der Waals surface area contributed by atoms with Crippen molar-refractivity contribution in [1.82, 2.24) is 0 Å². The maximum atomic E-state index is 11.0. The van der Waals surface area contributed by atoms with Gasteiger partial charge in [0.05, 0.1) is 5.02 Å². The number of hydrogen-bond donors (Lipinski definition) is 1. The Labute approximate surface area is 98.1 Å². The van der Waals surface area contributed by atoms with E-state index in [0.29, 0.717) is 10.8 Å². The second kappa shape index (κ2) is 4.29. The lowest BCUT2D eigenvalue weighted by atomic mass is 10.1. The van der Waals surface area contributed by atoms with Crippen molar-refractivity contribution >= 4 is 29.1 Å². The fourth-order valence-corrected chi connectivity index (χ4v) is 1.22. The van der Waals surface area contributed by atoms with Crippen LogP contribution in [-0.2, 0) is 4.79 Å². The fourth-order valence-electron chi connectivity index (χ4n) is 0.888. The molecule has 0 aliphatic heterocycles. The molecule has 0 bridgehead atoms. The van der Waals surface area contributed by atoms with E-state index in [4.69, 9.17) is 33.7 Å². The highest BCUT2D eigenvalue weighted by Gasteiger charge is 2.28. The Morgan fingerprint density at radius 3 is 2.53 bits per heavy atom. The molecule has 0 unspecified atom stereocenters. The van der Waals surface area contributed by atoms with Gasteiger partial charge >= 0.3 is 0 Å². The average Bonchev–Trinajstić information content (AvgIpc) is 2.12. The summed E-state index contributed by atoms with van der Waals surface area (Å²) in [6.45, 7) is 3.12. The highest BCUT2D eigenvalue weighted by molar-refractivity contribution is 6.42. The van der Waals surface area contributed by atoms with Gasteiger partial charge in [-0.05, 0) is 26.0 Å². The molecule has 15 heavy (non-hydrogen) atoms. The average molecular weight is 248 g/mol. The summed E-state index contributed by atoms with van der Waals surface area (Å²) in [5.41, 5.74) is 4.05. The summed E-state index contributed by atoms with van der Waals surface area (Å²) >= 11 is 11.7. The molecule has 0 atom stereocenters. The standard InChI is InChI=1S/C10H11Cl2NO2/c1-10(2,9(13)14)15-7-5-3-4-6(11)8(7)12/h3-5H,1-2H3,(H2,13,14). The van der Waals surface area contributed by atoms with Crippen LogP contribution in [0.1, 0.15) is 13.8 Å². The van der Waals surface area contributed by atoms with E-state index in [0.717, 1.165) is 0 Å². The topological polar surface area (TPSA) is 52.3 Å². The molecule has 1 rings (SSSR count). The van der Waals surface area contributed by atoms with Gasteiger partial charge in [0, 0.05) is 0 Å². The maximum absolute atomic E-state index is 11.0. The Bertz CT molecular complexity index is 391. The van der Waals surface area contributed by atoms with E-state index in [-0.39, 0.29) is 5.02 Å². The second-order valence-corrected chi connectivity index (χ2v) is 4.31. The van der Waals surface area contributed by atoms with Gasteiger partial charge in [0.15, 0.2) is 5.60 Å². The number of primary amides is 1. The van der Waals surface area contributed by atoms with Crippen LogP contribution in [0.25, 0.3) is 0 Å². The van der Waals surface area contributed by atoms with E-state index in [1.165, 1.54) is 0 Å². The molecule has 0 aliphatic rings. The molecule has 5 heteroatoms. The predicted octanol–water partition coefficient (Wildman–Crippen LogP) is 2.64. The molecule has 3 nitrogen and oxygen atoms in total. The van der Waals surface area contributed by atoms with Crippen molar-refractivity contribution in [2.45, 2.75) is 19.4 Å². The first-order chi connectivity index (χ1) is 6.84. The van der Waals surface area contributed by atoms with Crippen LogP contribution in [0, 0.1) is 0 Å². The lowest BCUT2D eigenvalue weighted by Crippen LogP contribution is -2.43. The summed E-state index contributed by atoms with van der Waals surface area (Å²) in [5.74, 6) is -0.230. The Balaban J connectivity index is 3.00. The van der Waals surface area contributed by atoms with Crippen LogP contribution in [0.4, 0.5) is 0 Å². The van der Waals surface area contributed by atoms with Crippen molar-refractivity contribution in [3.05, 3.63) is 28.2 Å². The van der Waals surface area contributed by atoms with Crippen LogP contribution in [0.5, 0.6) is 5.75 Å². The number of ether oxygens (including phenoxy) is 1. The molecule has 0 saturated carbocycles. The number of nitrogens with two attached hydrogens (primary N) is 1. The first-order valence-electron chi connectivity index (χ1n) is 4.27. The monoisotopic (exact) mass is 247 g/mol. The normalized spacial score (nSPS) is 11.2.